The first-order valence-electron chi connectivity index (χ1n) is 8.73. The van der Waals surface area contributed by atoms with Gasteiger partial charge in [-0.3, -0.25) is 9.59 Å². The predicted octanol–water partition coefficient (Wildman–Crippen LogP) is 3.11. The van der Waals surface area contributed by atoms with Crippen LogP contribution in [0.4, 0.5) is 0 Å². The van der Waals surface area contributed by atoms with Crippen molar-refractivity contribution in [1.29, 1.82) is 0 Å². The maximum absolute atomic E-state index is 12.1. The zero-order valence-electron chi connectivity index (χ0n) is 15.3. The molecule has 27 heavy (non-hydrogen) atoms. The average Bonchev–Trinajstić information content (AvgIpc) is 3.12. The number of furan rings is 1. The molecule has 0 fully saturated rings. The molecular weight excluding hydrogens is 344 g/mol. The van der Waals surface area contributed by atoms with E-state index in [9.17, 15) is 9.59 Å². The van der Waals surface area contributed by atoms with E-state index in [1.165, 1.54) is 7.11 Å². The van der Waals surface area contributed by atoms with Gasteiger partial charge in [0.15, 0.2) is 0 Å². The molecule has 1 heterocycles. The van der Waals surface area contributed by atoms with Gasteiger partial charge >= 0.3 is 11.8 Å². The summed E-state index contributed by atoms with van der Waals surface area (Å²) < 4.78 is 11.2. The van der Waals surface area contributed by atoms with E-state index in [-0.39, 0.29) is 12.6 Å². The second kappa shape index (κ2) is 8.51. The highest BCUT2D eigenvalue weighted by Crippen LogP contribution is 2.25. The Kier molecular flexibility index (Phi) is 5.88. The summed E-state index contributed by atoms with van der Waals surface area (Å²) in [4.78, 5) is 24.2. The molecule has 2 atom stereocenters. The monoisotopic (exact) mass is 366 g/mol. The number of fused-ring (bicyclic) bond motifs is 1. The summed E-state index contributed by atoms with van der Waals surface area (Å²) in [5.74, 6) is -0.807. The van der Waals surface area contributed by atoms with Gasteiger partial charge in [-0.2, -0.15) is 0 Å². The number of hydrogen-bond acceptors (Lipinski definition) is 4. The lowest BCUT2D eigenvalue weighted by Crippen LogP contribution is -2.42. The fourth-order valence-electron chi connectivity index (χ4n) is 2.81. The second-order valence-corrected chi connectivity index (χ2v) is 6.23. The van der Waals surface area contributed by atoms with Gasteiger partial charge < -0.3 is 19.8 Å². The van der Waals surface area contributed by atoms with Crippen molar-refractivity contribution >= 4 is 22.8 Å². The number of para-hydroxylation sites is 1. The van der Waals surface area contributed by atoms with Gasteiger partial charge in [-0.05, 0) is 24.6 Å². The molecule has 2 aromatic carbocycles. The average molecular weight is 366 g/mol. The molecule has 0 bridgehead atoms. The van der Waals surface area contributed by atoms with Crippen molar-refractivity contribution < 1.29 is 18.7 Å². The van der Waals surface area contributed by atoms with E-state index in [2.05, 4.69) is 10.6 Å². The van der Waals surface area contributed by atoms with E-state index in [1.807, 2.05) is 67.6 Å². The molecule has 6 heteroatoms. The number of carbonyl (C=O) groups is 2. The normalized spacial score (nSPS) is 13.1. The van der Waals surface area contributed by atoms with Gasteiger partial charge in [0.05, 0.1) is 12.6 Å². The fourth-order valence-corrected chi connectivity index (χ4v) is 2.81. The Labute approximate surface area is 157 Å². The summed E-state index contributed by atoms with van der Waals surface area (Å²) >= 11 is 0. The summed E-state index contributed by atoms with van der Waals surface area (Å²) in [5, 5.41) is 6.23. The first-order chi connectivity index (χ1) is 13.1. The molecular formula is C21H22N2O4. The molecule has 0 aliphatic rings. The van der Waals surface area contributed by atoms with Crippen molar-refractivity contribution in [3.63, 3.8) is 0 Å². The molecule has 0 saturated heterocycles. The lowest BCUT2D eigenvalue weighted by atomic mass is 10.1. The predicted molar refractivity (Wildman–Crippen MR) is 102 cm³/mol. The standard InChI is InChI=1S/C21H22N2O4/c1-14(15-8-4-3-5-9-15)23-21(25)20(24)22-13-19(26-2)18-12-16-10-6-7-11-17(16)27-18/h3-12,14,19H,13H2,1-2H3,(H,22,24)(H,23,25). The van der Waals surface area contributed by atoms with Crippen LogP contribution in [0.25, 0.3) is 11.0 Å². The second-order valence-electron chi connectivity index (χ2n) is 6.23. The van der Waals surface area contributed by atoms with Crippen LogP contribution < -0.4 is 10.6 Å². The van der Waals surface area contributed by atoms with Crippen molar-refractivity contribution in [2.75, 3.05) is 13.7 Å². The molecule has 0 spiro atoms. The van der Waals surface area contributed by atoms with Crippen LogP contribution in [0, 0.1) is 0 Å². The summed E-state index contributed by atoms with van der Waals surface area (Å²) in [6, 6.07) is 18.7. The van der Waals surface area contributed by atoms with Gasteiger partial charge in [0.25, 0.3) is 0 Å². The van der Waals surface area contributed by atoms with E-state index in [0.717, 1.165) is 16.5 Å². The van der Waals surface area contributed by atoms with Crippen LogP contribution in [0.3, 0.4) is 0 Å². The smallest absolute Gasteiger partial charge is 0.309 e. The van der Waals surface area contributed by atoms with E-state index in [0.29, 0.717) is 5.76 Å². The van der Waals surface area contributed by atoms with Crippen LogP contribution in [-0.2, 0) is 14.3 Å². The van der Waals surface area contributed by atoms with Crippen LogP contribution in [0.5, 0.6) is 0 Å². The summed E-state index contributed by atoms with van der Waals surface area (Å²) in [6.07, 6.45) is -0.485. The first kappa shape index (κ1) is 18.7. The quantitative estimate of drug-likeness (QED) is 0.657. The maximum atomic E-state index is 12.1. The largest absolute Gasteiger partial charge is 0.458 e. The number of methoxy groups -OCH3 is 1. The van der Waals surface area contributed by atoms with Crippen molar-refractivity contribution in [2.45, 2.75) is 19.1 Å². The minimum Gasteiger partial charge on any atom is -0.458 e. The Morgan fingerprint density at radius 3 is 2.44 bits per heavy atom. The van der Waals surface area contributed by atoms with E-state index < -0.39 is 17.9 Å². The van der Waals surface area contributed by atoms with Crippen LogP contribution >= 0.6 is 0 Å². The number of benzene rings is 2. The highest BCUT2D eigenvalue weighted by molar-refractivity contribution is 6.35. The van der Waals surface area contributed by atoms with E-state index >= 15 is 0 Å². The van der Waals surface area contributed by atoms with Crippen LogP contribution in [0.1, 0.15) is 30.4 Å². The summed E-state index contributed by atoms with van der Waals surface area (Å²) in [5.41, 5.74) is 1.67. The van der Waals surface area contributed by atoms with Crippen molar-refractivity contribution in [1.82, 2.24) is 10.6 Å². The van der Waals surface area contributed by atoms with Gasteiger partial charge in [-0.25, -0.2) is 0 Å². The zero-order chi connectivity index (χ0) is 19.2. The van der Waals surface area contributed by atoms with Crippen LogP contribution in [-0.4, -0.2) is 25.5 Å². The van der Waals surface area contributed by atoms with E-state index in [4.69, 9.17) is 9.15 Å². The highest BCUT2D eigenvalue weighted by atomic mass is 16.5. The third-order valence-electron chi connectivity index (χ3n) is 4.35. The van der Waals surface area contributed by atoms with Crippen molar-refractivity contribution in [3.8, 4) is 0 Å². The first-order valence-corrected chi connectivity index (χ1v) is 8.73. The van der Waals surface area contributed by atoms with Crippen LogP contribution in [0.15, 0.2) is 65.1 Å². The number of nitrogens with one attached hydrogen (secondary N) is 2. The Morgan fingerprint density at radius 2 is 1.74 bits per heavy atom. The molecule has 3 rings (SSSR count). The Hall–Kier alpha value is -3.12. The molecule has 140 valence electrons. The molecule has 0 aliphatic carbocycles. The highest BCUT2D eigenvalue weighted by Gasteiger charge is 2.21. The van der Waals surface area contributed by atoms with Crippen molar-refractivity contribution in [2.24, 2.45) is 0 Å². The van der Waals surface area contributed by atoms with Gasteiger partial charge in [0.2, 0.25) is 0 Å². The minimum atomic E-state index is -0.712. The third-order valence-corrected chi connectivity index (χ3v) is 4.35. The lowest BCUT2D eigenvalue weighted by Gasteiger charge is -2.16. The maximum Gasteiger partial charge on any atom is 0.309 e. The molecule has 1 aromatic heterocycles. The van der Waals surface area contributed by atoms with Gasteiger partial charge in [0.1, 0.15) is 17.4 Å². The number of rotatable bonds is 6. The Bertz CT molecular complexity index is 887. The number of amides is 2. The van der Waals surface area contributed by atoms with Gasteiger partial charge in [-0.1, -0.05) is 48.5 Å². The topological polar surface area (TPSA) is 80.6 Å². The van der Waals surface area contributed by atoms with Crippen molar-refractivity contribution in [3.05, 3.63) is 72.0 Å². The zero-order valence-corrected chi connectivity index (χ0v) is 15.3. The molecule has 6 nitrogen and oxygen atoms in total. The third kappa shape index (κ3) is 4.54. The molecule has 2 unspecified atom stereocenters. The summed E-state index contributed by atoms with van der Waals surface area (Å²) in [6.45, 7) is 1.95. The Morgan fingerprint density at radius 1 is 1.04 bits per heavy atom. The lowest BCUT2D eigenvalue weighted by molar-refractivity contribution is -0.139. The number of carbonyl (C=O) groups excluding carboxylic acids is 2. The molecule has 0 saturated carbocycles. The van der Waals surface area contributed by atoms with E-state index in [1.54, 1.807) is 0 Å². The molecule has 2 amide bonds. The molecule has 3 aromatic rings. The SMILES string of the molecule is COC(CNC(=O)C(=O)NC(C)c1ccccc1)c1cc2ccccc2o1. The number of hydrogen-bond donors (Lipinski definition) is 2. The Balaban J connectivity index is 1.57. The molecule has 2 N–H and O–H groups in total. The minimum absolute atomic E-state index is 0.127. The van der Waals surface area contributed by atoms with Gasteiger partial charge in [-0.15, -0.1) is 0 Å². The molecule has 0 radical (unpaired) electrons. The molecule has 0 aliphatic heterocycles. The van der Waals surface area contributed by atoms with Crippen LogP contribution in [0.2, 0.25) is 0 Å². The summed E-state index contributed by atoms with van der Waals surface area (Å²) in [7, 11) is 1.53. The van der Waals surface area contributed by atoms with Gasteiger partial charge in [0, 0.05) is 12.5 Å². The number of ether oxygens (including phenoxy) is 1. The fraction of sp³-hybridized carbons (Fsp3) is 0.238.